The van der Waals surface area contributed by atoms with Gasteiger partial charge in [0.15, 0.2) is 0 Å². The first-order valence-corrected chi connectivity index (χ1v) is 10.3. The highest BCUT2D eigenvalue weighted by molar-refractivity contribution is 5.90. The van der Waals surface area contributed by atoms with Gasteiger partial charge in [0.05, 0.1) is 24.9 Å². The summed E-state index contributed by atoms with van der Waals surface area (Å²) in [6, 6.07) is 16.0. The van der Waals surface area contributed by atoms with Crippen molar-refractivity contribution in [2.75, 3.05) is 7.11 Å². The standard InChI is InChI=1S/C24H24N4O2/c1-30-18-7-4-6-17(12-18)28-15-16(14-26-28)13-25-24(29)21-10-5-9-20-19-8-2-3-11-22(19)27-23(20)21/h2-4,6-8,11-12,14-15,21,27H,5,9-10,13H2,1H3,(H,25,29)/t21-/m1/s1. The third kappa shape index (κ3) is 3.34. The minimum atomic E-state index is -0.130. The topological polar surface area (TPSA) is 71.9 Å². The summed E-state index contributed by atoms with van der Waals surface area (Å²) in [4.78, 5) is 16.5. The van der Waals surface area contributed by atoms with E-state index in [1.165, 1.54) is 10.9 Å². The number of hydrogen-bond acceptors (Lipinski definition) is 3. The second-order valence-corrected chi connectivity index (χ2v) is 7.72. The second-order valence-electron chi connectivity index (χ2n) is 7.72. The van der Waals surface area contributed by atoms with Gasteiger partial charge in [-0.15, -0.1) is 0 Å². The van der Waals surface area contributed by atoms with E-state index >= 15 is 0 Å². The fourth-order valence-electron chi connectivity index (χ4n) is 4.34. The van der Waals surface area contributed by atoms with Crippen LogP contribution in [0.5, 0.6) is 5.75 Å². The largest absolute Gasteiger partial charge is 0.497 e. The number of aryl methyl sites for hydroxylation is 1. The van der Waals surface area contributed by atoms with Gasteiger partial charge in [-0.25, -0.2) is 4.68 Å². The molecule has 6 nitrogen and oxygen atoms in total. The van der Waals surface area contributed by atoms with E-state index in [9.17, 15) is 4.79 Å². The van der Waals surface area contributed by atoms with Crippen LogP contribution >= 0.6 is 0 Å². The van der Waals surface area contributed by atoms with E-state index in [0.29, 0.717) is 6.54 Å². The predicted octanol–water partition coefficient (Wildman–Crippen LogP) is 4.10. The number of carbonyl (C=O) groups is 1. The Labute approximate surface area is 174 Å². The maximum absolute atomic E-state index is 13.0. The van der Waals surface area contributed by atoms with Crippen molar-refractivity contribution >= 4 is 16.8 Å². The Hall–Kier alpha value is -3.54. The van der Waals surface area contributed by atoms with Gasteiger partial charge in [0.2, 0.25) is 5.91 Å². The summed E-state index contributed by atoms with van der Waals surface area (Å²) in [6.07, 6.45) is 6.64. The number of hydrogen-bond donors (Lipinski definition) is 2. The van der Waals surface area contributed by atoms with E-state index in [0.717, 1.165) is 47.5 Å². The number of H-pyrrole nitrogens is 1. The molecular formula is C24H24N4O2. The molecule has 0 radical (unpaired) electrons. The van der Waals surface area contributed by atoms with Gasteiger partial charge in [-0.05, 0) is 43.0 Å². The summed E-state index contributed by atoms with van der Waals surface area (Å²) in [7, 11) is 1.65. The normalized spacial score (nSPS) is 15.7. The summed E-state index contributed by atoms with van der Waals surface area (Å²) in [5, 5.41) is 8.77. The zero-order valence-electron chi connectivity index (χ0n) is 16.9. The number of rotatable bonds is 5. The van der Waals surface area contributed by atoms with Crippen molar-refractivity contribution in [3.8, 4) is 11.4 Å². The molecule has 4 aromatic rings. The quantitative estimate of drug-likeness (QED) is 0.530. The molecule has 5 rings (SSSR count). The Morgan fingerprint density at radius 3 is 3.07 bits per heavy atom. The molecule has 1 aliphatic rings. The number of amides is 1. The molecule has 0 unspecified atom stereocenters. The molecule has 0 aliphatic heterocycles. The van der Waals surface area contributed by atoms with Crippen LogP contribution in [0.1, 0.15) is 35.6 Å². The number of ether oxygens (including phenoxy) is 1. The first-order valence-electron chi connectivity index (χ1n) is 10.3. The van der Waals surface area contributed by atoms with Crippen molar-refractivity contribution in [2.45, 2.75) is 31.7 Å². The number of aromatic nitrogens is 3. The molecule has 0 saturated carbocycles. The van der Waals surface area contributed by atoms with E-state index in [2.05, 4.69) is 33.6 Å². The van der Waals surface area contributed by atoms with Crippen LogP contribution < -0.4 is 10.1 Å². The summed E-state index contributed by atoms with van der Waals surface area (Å²) in [6.45, 7) is 0.453. The Bertz CT molecular complexity index is 1210. The smallest absolute Gasteiger partial charge is 0.229 e. The maximum Gasteiger partial charge on any atom is 0.229 e. The molecule has 1 amide bonds. The van der Waals surface area contributed by atoms with Crippen LogP contribution in [0.15, 0.2) is 60.9 Å². The average Bonchev–Trinajstić information content (AvgIpc) is 3.42. The van der Waals surface area contributed by atoms with E-state index in [1.54, 1.807) is 18.0 Å². The maximum atomic E-state index is 13.0. The van der Waals surface area contributed by atoms with Gasteiger partial charge < -0.3 is 15.0 Å². The van der Waals surface area contributed by atoms with E-state index < -0.39 is 0 Å². The van der Waals surface area contributed by atoms with Crippen LogP contribution in [0.3, 0.4) is 0 Å². The lowest BCUT2D eigenvalue weighted by atomic mass is 9.86. The lowest BCUT2D eigenvalue weighted by molar-refractivity contribution is -0.123. The van der Waals surface area contributed by atoms with Crippen LogP contribution in [0.2, 0.25) is 0 Å². The monoisotopic (exact) mass is 400 g/mol. The summed E-state index contributed by atoms with van der Waals surface area (Å²) in [5.41, 5.74) is 5.36. The van der Waals surface area contributed by atoms with E-state index in [1.807, 2.05) is 36.5 Å². The van der Waals surface area contributed by atoms with Crippen LogP contribution in [-0.2, 0) is 17.8 Å². The number of nitrogens with one attached hydrogen (secondary N) is 2. The number of benzene rings is 2. The zero-order chi connectivity index (χ0) is 20.5. The number of fused-ring (bicyclic) bond motifs is 3. The molecular weight excluding hydrogens is 376 g/mol. The first kappa shape index (κ1) is 18.5. The lowest BCUT2D eigenvalue weighted by Crippen LogP contribution is -2.31. The summed E-state index contributed by atoms with van der Waals surface area (Å²) in [5.74, 6) is 0.718. The first-order chi connectivity index (χ1) is 14.7. The molecule has 6 heteroatoms. The van der Waals surface area contributed by atoms with Gasteiger partial charge in [0, 0.05) is 41.0 Å². The number of nitrogens with zero attached hydrogens (tertiary/aromatic N) is 2. The zero-order valence-corrected chi connectivity index (χ0v) is 16.9. The van der Waals surface area contributed by atoms with Gasteiger partial charge in [0.1, 0.15) is 5.75 Å². The van der Waals surface area contributed by atoms with Gasteiger partial charge in [-0.1, -0.05) is 24.3 Å². The Morgan fingerprint density at radius 2 is 2.17 bits per heavy atom. The summed E-state index contributed by atoms with van der Waals surface area (Å²) < 4.78 is 7.07. The number of carbonyl (C=O) groups excluding carboxylic acids is 1. The molecule has 2 aromatic heterocycles. The van der Waals surface area contributed by atoms with Gasteiger partial charge in [-0.3, -0.25) is 4.79 Å². The SMILES string of the molecule is COc1cccc(-n2cc(CNC(=O)[C@@H]3CCCc4c3[nH]c3ccccc43)cn2)c1. The minimum Gasteiger partial charge on any atom is -0.497 e. The highest BCUT2D eigenvalue weighted by atomic mass is 16.5. The highest BCUT2D eigenvalue weighted by Gasteiger charge is 2.29. The Balaban J connectivity index is 1.30. The van der Waals surface area contributed by atoms with Crippen molar-refractivity contribution in [3.63, 3.8) is 0 Å². The predicted molar refractivity (Wildman–Crippen MR) is 116 cm³/mol. The van der Waals surface area contributed by atoms with Gasteiger partial charge >= 0.3 is 0 Å². The van der Waals surface area contributed by atoms with Gasteiger partial charge in [-0.2, -0.15) is 5.10 Å². The number of methoxy groups -OCH3 is 1. The molecule has 152 valence electrons. The fourth-order valence-corrected chi connectivity index (χ4v) is 4.34. The van der Waals surface area contributed by atoms with Crippen molar-refractivity contribution in [1.82, 2.24) is 20.1 Å². The van der Waals surface area contributed by atoms with Crippen molar-refractivity contribution < 1.29 is 9.53 Å². The Morgan fingerprint density at radius 1 is 1.27 bits per heavy atom. The average molecular weight is 400 g/mol. The molecule has 1 atom stereocenters. The molecule has 2 aromatic carbocycles. The number of aromatic amines is 1. The fraction of sp³-hybridized carbons (Fsp3) is 0.250. The molecule has 2 N–H and O–H groups in total. The minimum absolute atomic E-state index is 0.0663. The summed E-state index contributed by atoms with van der Waals surface area (Å²) >= 11 is 0. The van der Waals surface area contributed by atoms with Crippen LogP contribution in [0, 0.1) is 0 Å². The van der Waals surface area contributed by atoms with Crippen LogP contribution in [0.25, 0.3) is 16.6 Å². The van der Waals surface area contributed by atoms with Crippen LogP contribution in [-0.4, -0.2) is 27.8 Å². The third-order valence-electron chi connectivity index (χ3n) is 5.85. The Kier molecular flexibility index (Phi) is 4.75. The van der Waals surface area contributed by atoms with E-state index in [-0.39, 0.29) is 11.8 Å². The lowest BCUT2D eigenvalue weighted by Gasteiger charge is -2.22. The molecule has 0 fully saturated rings. The number of para-hydroxylation sites is 1. The molecule has 2 heterocycles. The van der Waals surface area contributed by atoms with Crippen LogP contribution in [0.4, 0.5) is 0 Å². The highest BCUT2D eigenvalue weighted by Crippen LogP contribution is 2.36. The third-order valence-corrected chi connectivity index (χ3v) is 5.85. The van der Waals surface area contributed by atoms with Crippen molar-refractivity contribution in [1.29, 1.82) is 0 Å². The van der Waals surface area contributed by atoms with Crippen molar-refractivity contribution in [2.24, 2.45) is 0 Å². The molecule has 0 bridgehead atoms. The molecule has 0 saturated heterocycles. The van der Waals surface area contributed by atoms with Crippen molar-refractivity contribution in [3.05, 3.63) is 77.7 Å². The second kappa shape index (κ2) is 7.71. The molecule has 0 spiro atoms. The van der Waals surface area contributed by atoms with E-state index in [4.69, 9.17) is 4.74 Å². The van der Waals surface area contributed by atoms with Gasteiger partial charge in [0.25, 0.3) is 0 Å². The molecule has 1 aliphatic carbocycles. The molecule has 30 heavy (non-hydrogen) atoms.